The summed E-state index contributed by atoms with van der Waals surface area (Å²) in [7, 11) is 0. The number of rotatable bonds is 4. The van der Waals surface area contributed by atoms with Gasteiger partial charge in [0.05, 0.1) is 24.3 Å². The minimum absolute atomic E-state index is 0.412. The van der Waals surface area contributed by atoms with Crippen LogP contribution in [0.15, 0.2) is 12.3 Å². The number of hydrogen-bond donors (Lipinski definition) is 0. The molecule has 0 bridgehead atoms. The zero-order valence-electron chi connectivity index (χ0n) is 8.51. The second kappa shape index (κ2) is 5.56. The van der Waals surface area contributed by atoms with E-state index < -0.39 is 0 Å². The first-order chi connectivity index (χ1) is 7.33. The maximum absolute atomic E-state index is 8.88. The Balaban J connectivity index is 2.92. The molecule has 0 aliphatic heterocycles. The van der Waals surface area contributed by atoms with Crippen LogP contribution in [0.3, 0.4) is 0 Å². The molecule has 0 unspecified atom stereocenters. The molecule has 1 heterocycles. The Hall–Kier alpha value is -2.14. The zero-order chi connectivity index (χ0) is 11.1. The molecule has 0 aliphatic carbocycles. The van der Waals surface area contributed by atoms with Gasteiger partial charge in [-0.1, -0.05) is 0 Å². The Morgan fingerprint density at radius 2 is 2.27 bits per heavy atom. The molecule has 0 aliphatic rings. The van der Waals surface area contributed by atoms with Gasteiger partial charge in [-0.3, -0.25) is 0 Å². The van der Waals surface area contributed by atoms with E-state index in [2.05, 4.69) is 22.3 Å². The second-order valence-corrected chi connectivity index (χ2v) is 2.87. The number of aromatic nitrogens is 2. The van der Waals surface area contributed by atoms with Crippen molar-refractivity contribution in [2.45, 2.75) is 13.3 Å². The van der Waals surface area contributed by atoms with Crippen LogP contribution in [-0.2, 0) is 0 Å². The molecule has 0 fully saturated rings. The summed E-state index contributed by atoms with van der Waals surface area (Å²) in [5.74, 6) is 0.553. The van der Waals surface area contributed by atoms with Crippen LogP contribution in [0.5, 0.6) is 0 Å². The van der Waals surface area contributed by atoms with E-state index in [0.29, 0.717) is 30.9 Å². The summed E-state index contributed by atoms with van der Waals surface area (Å²) in [5, 5.41) is 25.0. The molecule has 15 heavy (non-hydrogen) atoms. The topological polar surface area (TPSA) is 76.6 Å². The highest BCUT2D eigenvalue weighted by atomic mass is 15.3. The molecule has 0 atom stereocenters. The first-order valence-corrected chi connectivity index (χ1v) is 4.67. The first-order valence-electron chi connectivity index (χ1n) is 4.67. The Bertz CT molecular complexity index is 401. The predicted molar refractivity (Wildman–Crippen MR) is 54.9 cm³/mol. The molecule has 5 nitrogen and oxygen atoms in total. The Kier molecular flexibility index (Phi) is 4.05. The number of nitrogens with zero attached hydrogens (tertiary/aromatic N) is 5. The van der Waals surface area contributed by atoms with Gasteiger partial charge in [-0.15, -0.1) is 5.10 Å². The third kappa shape index (κ3) is 2.65. The van der Waals surface area contributed by atoms with Gasteiger partial charge in [-0.2, -0.15) is 15.6 Å². The van der Waals surface area contributed by atoms with Crippen LogP contribution in [0.2, 0.25) is 0 Å². The fraction of sp³-hybridized carbons (Fsp3) is 0.400. The van der Waals surface area contributed by atoms with Crippen molar-refractivity contribution in [1.29, 1.82) is 10.5 Å². The molecule has 1 rings (SSSR count). The standard InChI is InChI=1S/C10H11N5/c1-2-15(7-3-5-11)10-9(8-12)4-6-13-14-10/h4,6H,2-3,7H2,1H3. The molecule has 0 saturated carbocycles. The molecule has 1 aromatic heterocycles. The van der Waals surface area contributed by atoms with Crippen molar-refractivity contribution in [3.8, 4) is 12.1 Å². The Morgan fingerprint density at radius 1 is 1.47 bits per heavy atom. The lowest BCUT2D eigenvalue weighted by molar-refractivity contribution is 0.792. The molecule has 0 spiro atoms. The van der Waals surface area contributed by atoms with Crippen LogP contribution in [0.1, 0.15) is 18.9 Å². The highest BCUT2D eigenvalue weighted by molar-refractivity contribution is 5.52. The van der Waals surface area contributed by atoms with Gasteiger partial charge in [0.25, 0.3) is 0 Å². The highest BCUT2D eigenvalue weighted by Gasteiger charge is 2.10. The van der Waals surface area contributed by atoms with Crippen molar-refractivity contribution < 1.29 is 0 Å². The molecule has 0 N–H and O–H groups in total. The van der Waals surface area contributed by atoms with Gasteiger partial charge >= 0.3 is 0 Å². The summed E-state index contributed by atoms with van der Waals surface area (Å²) in [6.45, 7) is 3.22. The van der Waals surface area contributed by atoms with E-state index >= 15 is 0 Å². The first kappa shape index (κ1) is 10.9. The van der Waals surface area contributed by atoms with Crippen LogP contribution < -0.4 is 4.90 Å². The van der Waals surface area contributed by atoms with E-state index in [1.54, 1.807) is 6.07 Å². The molecule has 5 heteroatoms. The van der Waals surface area contributed by atoms with E-state index in [-0.39, 0.29) is 0 Å². The summed E-state index contributed by atoms with van der Waals surface area (Å²) < 4.78 is 0. The van der Waals surface area contributed by atoms with Crippen molar-refractivity contribution in [1.82, 2.24) is 10.2 Å². The fourth-order valence-corrected chi connectivity index (χ4v) is 1.24. The average Bonchev–Trinajstić information content (AvgIpc) is 2.30. The van der Waals surface area contributed by atoms with Crippen molar-refractivity contribution in [2.24, 2.45) is 0 Å². The van der Waals surface area contributed by atoms with Crippen molar-refractivity contribution in [2.75, 3.05) is 18.0 Å². The lowest BCUT2D eigenvalue weighted by atomic mass is 10.2. The van der Waals surface area contributed by atoms with Crippen LogP contribution >= 0.6 is 0 Å². The second-order valence-electron chi connectivity index (χ2n) is 2.87. The van der Waals surface area contributed by atoms with Gasteiger partial charge in [0, 0.05) is 13.1 Å². The van der Waals surface area contributed by atoms with Gasteiger partial charge in [-0.05, 0) is 13.0 Å². The van der Waals surface area contributed by atoms with Gasteiger partial charge in [-0.25, -0.2) is 0 Å². The van der Waals surface area contributed by atoms with Crippen LogP contribution in [-0.4, -0.2) is 23.3 Å². The molecule has 0 radical (unpaired) electrons. The van der Waals surface area contributed by atoms with Gasteiger partial charge < -0.3 is 4.90 Å². The summed E-state index contributed by atoms with van der Waals surface area (Å²) in [6, 6.07) is 5.75. The van der Waals surface area contributed by atoms with E-state index in [1.165, 1.54) is 6.20 Å². The molecule has 1 aromatic rings. The van der Waals surface area contributed by atoms with Gasteiger partial charge in [0.2, 0.25) is 0 Å². The lowest BCUT2D eigenvalue weighted by Gasteiger charge is -2.20. The van der Waals surface area contributed by atoms with Gasteiger partial charge in [0.15, 0.2) is 5.82 Å². The normalized spacial score (nSPS) is 9.00. The third-order valence-corrected chi connectivity index (χ3v) is 2.00. The maximum Gasteiger partial charge on any atom is 0.169 e. The molecular weight excluding hydrogens is 190 g/mol. The van der Waals surface area contributed by atoms with Crippen LogP contribution in [0.25, 0.3) is 0 Å². The van der Waals surface area contributed by atoms with Crippen LogP contribution in [0.4, 0.5) is 5.82 Å². The minimum Gasteiger partial charge on any atom is -0.353 e. The van der Waals surface area contributed by atoms with Gasteiger partial charge in [0.1, 0.15) is 6.07 Å². The summed E-state index contributed by atoms with van der Waals surface area (Å²) in [5.41, 5.74) is 0.491. The maximum atomic E-state index is 8.88. The summed E-state index contributed by atoms with van der Waals surface area (Å²) >= 11 is 0. The quantitative estimate of drug-likeness (QED) is 0.728. The summed E-state index contributed by atoms with van der Waals surface area (Å²) in [6.07, 6.45) is 1.90. The SMILES string of the molecule is CCN(CCC#N)c1nnccc1C#N. The zero-order valence-corrected chi connectivity index (χ0v) is 8.51. The number of anilines is 1. The molecular formula is C10H11N5. The lowest BCUT2D eigenvalue weighted by Crippen LogP contribution is -2.25. The van der Waals surface area contributed by atoms with Crippen molar-refractivity contribution in [3.05, 3.63) is 17.8 Å². The molecule has 0 amide bonds. The Labute approximate surface area is 88.6 Å². The van der Waals surface area contributed by atoms with Crippen molar-refractivity contribution in [3.63, 3.8) is 0 Å². The van der Waals surface area contributed by atoms with E-state index in [0.717, 1.165) is 0 Å². The van der Waals surface area contributed by atoms with E-state index in [4.69, 9.17) is 10.5 Å². The van der Waals surface area contributed by atoms with E-state index in [9.17, 15) is 0 Å². The third-order valence-electron chi connectivity index (χ3n) is 2.00. The van der Waals surface area contributed by atoms with Crippen molar-refractivity contribution >= 4 is 5.82 Å². The molecule has 0 saturated heterocycles. The Morgan fingerprint density at radius 3 is 2.87 bits per heavy atom. The highest BCUT2D eigenvalue weighted by Crippen LogP contribution is 2.14. The smallest absolute Gasteiger partial charge is 0.169 e. The van der Waals surface area contributed by atoms with E-state index in [1.807, 2.05) is 11.8 Å². The summed E-state index contributed by atoms with van der Waals surface area (Å²) in [4.78, 5) is 1.87. The molecule has 0 aromatic carbocycles. The monoisotopic (exact) mass is 201 g/mol. The minimum atomic E-state index is 0.412. The molecule has 76 valence electrons. The van der Waals surface area contributed by atoms with Crippen LogP contribution in [0, 0.1) is 22.7 Å². The predicted octanol–water partition coefficient (Wildman–Crippen LogP) is 1.09. The number of nitriles is 2. The largest absolute Gasteiger partial charge is 0.353 e. The fourth-order valence-electron chi connectivity index (χ4n) is 1.24. The average molecular weight is 201 g/mol. The number of hydrogen-bond acceptors (Lipinski definition) is 5.